The highest BCUT2D eigenvalue weighted by molar-refractivity contribution is 5.99. The Morgan fingerprint density at radius 3 is 2.62 bits per heavy atom. The molecule has 0 unspecified atom stereocenters. The van der Waals surface area contributed by atoms with E-state index in [-0.39, 0.29) is 5.56 Å². The van der Waals surface area contributed by atoms with Gasteiger partial charge in [-0.05, 0) is 12.5 Å². The molecular formula is C16H23N3O2. The number of unbranched alkanes of at least 4 members (excludes halogenated alkanes) is 6. The first-order valence-electron chi connectivity index (χ1n) is 7.79. The van der Waals surface area contributed by atoms with Gasteiger partial charge in [0.05, 0.1) is 11.1 Å². The molecule has 114 valence electrons. The summed E-state index contributed by atoms with van der Waals surface area (Å²) in [6.07, 6.45) is 11.1. The first kappa shape index (κ1) is 15.5. The minimum absolute atomic E-state index is 0.235. The molecule has 5 nitrogen and oxygen atoms in total. The van der Waals surface area contributed by atoms with E-state index in [1.165, 1.54) is 50.8 Å². The van der Waals surface area contributed by atoms with E-state index in [0.717, 1.165) is 18.7 Å². The monoisotopic (exact) mass is 289 g/mol. The Kier molecular flexibility index (Phi) is 5.72. The minimum atomic E-state index is -0.950. The number of hydrogen-bond acceptors (Lipinski definition) is 3. The fraction of sp³-hybridized carbons (Fsp3) is 0.562. The normalized spacial score (nSPS) is 11.1. The summed E-state index contributed by atoms with van der Waals surface area (Å²) in [6.45, 7) is 2.22. The summed E-state index contributed by atoms with van der Waals surface area (Å²) in [5.41, 5.74) is 1.26. The number of aromatic carboxylic acids is 1. The molecule has 0 spiro atoms. The van der Waals surface area contributed by atoms with E-state index in [4.69, 9.17) is 5.11 Å². The summed E-state index contributed by atoms with van der Waals surface area (Å²) in [5.74, 6) is -0.117. The van der Waals surface area contributed by atoms with Gasteiger partial charge >= 0.3 is 5.97 Å². The van der Waals surface area contributed by atoms with E-state index in [0.29, 0.717) is 11.2 Å². The van der Waals surface area contributed by atoms with Crippen LogP contribution < -0.4 is 0 Å². The third kappa shape index (κ3) is 4.28. The first-order chi connectivity index (χ1) is 10.2. The van der Waals surface area contributed by atoms with Gasteiger partial charge in [-0.25, -0.2) is 14.8 Å². The molecule has 0 aliphatic rings. The van der Waals surface area contributed by atoms with Gasteiger partial charge in [0.25, 0.3) is 0 Å². The number of imidazole rings is 1. The lowest BCUT2D eigenvalue weighted by molar-refractivity contribution is 0.0698. The maximum atomic E-state index is 11.1. The molecule has 0 radical (unpaired) electrons. The Morgan fingerprint density at radius 2 is 1.90 bits per heavy atom. The van der Waals surface area contributed by atoms with Crippen LogP contribution in [-0.4, -0.2) is 26.0 Å². The zero-order valence-corrected chi connectivity index (χ0v) is 12.6. The molecule has 0 amide bonds. The predicted octanol–water partition coefficient (Wildman–Crippen LogP) is 3.95. The van der Waals surface area contributed by atoms with Crippen LogP contribution in [0.25, 0.3) is 11.2 Å². The Labute approximate surface area is 124 Å². The number of nitrogens with one attached hydrogen (secondary N) is 1. The second-order valence-corrected chi connectivity index (χ2v) is 5.42. The number of carboxylic acid groups (broad SMARTS) is 1. The average molecular weight is 289 g/mol. The van der Waals surface area contributed by atoms with Crippen molar-refractivity contribution in [1.29, 1.82) is 0 Å². The number of fused-ring (bicyclic) bond motifs is 1. The Balaban J connectivity index is 1.86. The van der Waals surface area contributed by atoms with Gasteiger partial charge in [-0.1, -0.05) is 45.4 Å². The molecule has 0 aliphatic carbocycles. The van der Waals surface area contributed by atoms with Gasteiger partial charge in [0.2, 0.25) is 0 Å². The summed E-state index contributed by atoms with van der Waals surface area (Å²) in [6, 6.07) is 1.50. The summed E-state index contributed by atoms with van der Waals surface area (Å²) < 4.78 is 0. The smallest absolute Gasteiger partial charge is 0.338 e. The van der Waals surface area contributed by atoms with E-state index < -0.39 is 5.97 Å². The zero-order valence-electron chi connectivity index (χ0n) is 12.6. The van der Waals surface area contributed by atoms with Crippen LogP contribution in [0, 0.1) is 0 Å². The Bertz CT molecular complexity index is 592. The topological polar surface area (TPSA) is 78.9 Å². The van der Waals surface area contributed by atoms with Crippen molar-refractivity contribution in [2.75, 3.05) is 0 Å². The molecule has 2 rings (SSSR count). The van der Waals surface area contributed by atoms with Gasteiger partial charge in [0, 0.05) is 12.6 Å². The highest BCUT2D eigenvalue weighted by Gasteiger charge is 2.12. The maximum Gasteiger partial charge on any atom is 0.338 e. The second kappa shape index (κ2) is 7.76. The quantitative estimate of drug-likeness (QED) is 0.685. The van der Waals surface area contributed by atoms with Gasteiger partial charge in [0.15, 0.2) is 5.65 Å². The van der Waals surface area contributed by atoms with Gasteiger partial charge < -0.3 is 10.1 Å². The molecule has 0 fully saturated rings. The number of aromatic nitrogens is 3. The first-order valence-corrected chi connectivity index (χ1v) is 7.79. The number of carboxylic acids is 1. The SMILES string of the molecule is CCCCCCCCCc1nc2nccc(C(=O)O)c2[nH]1. The van der Waals surface area contributed by atoms with Gasteiger partial charge in [-0.15, -0.1) is 0 Å². The van der Waals surface area contributed by atoms with Crippen molar-refractivity contribution in [3.63, 3.8) is 0 Å². The summed E-state index contributed by atoms with van der Waals surface area (Å²) in [4.78, 5) is 22.7. The van der Waals surface area contributed by atoms with Crippen LogP contribution in [0.1, 0.15) is 68.1 Å². The van der Waals surface area contributed by atoms with E-state index in [1.807, 2.05) is 0 Å². The highest BCUT2D eigenvalue weighted by atomic mass is 16.4. The third-order valence-corrected chi connectivity index (χ3v) is 3.69. The van der Waals surface area contributed by atoms with E-state index >= 15 is 0 Å². The van der Waals surface area contributed by atoms with Crippen LogP contribution >= 0.6 is 0 Å². The molecule has 0 saturated heterocycles. The molecule has 0 aliphatic heterocycles. The van der Waals surface area contributed by atoms with Crippen LogP contribution in [-0.2, 0) is 6.42 Å². The molecule has 2 aromatic rings. The molecule has 2 N–H and O–H groups in total. The lowest BCUT2D eigenvalue weighted by Crippen LogP contribution is -1.97. The van der Waals surface area contributed by atoms with Crippen LogP contribution in [0.5, 0.6) is 0 Å². The van der Waals surface area contributed by atoms with Crippen molar-refractivity contribution in [1.82, 2.24) is 15.0 Å². The fourth-order valence-electron chi connectivity index (χ4n) is 2.50. The number of aromatic amines is 1. The van der Waals surface area contributed by atoms with Crippen molar-refractivity contribution >= 4 is 17.1 Å². The molecule has 0 saturated carbocycles. The van der Waals surface area contributed by atoms with Crippen molar-refractivity contribution in [3.05, 3.63) is 23.7 Å². The minimum Gasteiger partial charge on any atom is -0.478 e. The summed E-state index contributed by atoms with van der Waals surface area (Å²) in [7, 11) is 0. The van der Waals surface area contributed by atoms with Gasteiger partial charge in [-0.2, -0.15) is 0 Å². The number of pyridine rings is 1. The van der Waals surface area contributed by atoms with E-state index in [9.17, 15) is 4.79 Å². The Hall–Kier alpha value is -1.91. The van der Waals surface area contributed by atoms with Crippen molar-refractivity contribution in [2.45, 2.75) is 58.3 Å². The lowest BCUT2D eigenvalue weighted by Gasteiger charge is -1.99. The molecule has 2 heterocycles. The third-order valence-electron chi connectivity index (χ3n) is 3.69. The average Bonchev–Trinajstić information content (AvgIpc) is 2.88. The predicted molar refractivity (Wildman–Crippen MR) is 82.5 cm³/mol. The van der Waals surface area contributed by atoms with E-state index in [1.54, 1.807) is 0 Å². The molecule has 2 aromatic heterocycles. The number of hydrogen-bond donors (Lipinski definition) is 2. The van der Waals surface area contributed by atoms with Gasteiger partial charge in [-0.3, -0.25) is 0 Å². The maximum absolute atomic E-state index is 11.1. The molecule has 0 aromatic carbocycles. The van der Waals surface area contributed by atoms with Crippen molar-refractivity contribution in [3.8, 4) is 0 Å². The number of rotatable bonds is 9. The molecule has 0 atom stereocenters. The van der Waals surface area contributed by atoms with Crippen molar-refractivity contribution in [2.24, 2.45) is 0 Å². The van der Waals surface area contributed by atoms with Crippen LogP contribution in [0.2, 0.25) is 0 Å². The molecule has 5 heteroatoms. The largest absolute Gasteiger partial charge is 0.478 e. The van der Waals surface area contributed by atoms with Crippen LogP contribution in [0.3, 0.4) is 0 Å². The summed E-state index contributed by atoms with van der Waals surface area (Å²) in [5, 5.41) is 9.13. The Morgan fingerprint density at radius 1 is 1.19 bits per heavy atom. The number of carbonyl (C=O) groups is 1. The van der Waals surface area contributed by atoms with Crippen LogP contribution in [0.15, 0.2) is 12.3 Å². The lowest BCUT2D eigenvalue weighted by atomic mass is 10.1. The molecule has 0 bridgehead atoms. The summed E-state index contributed by atoms with van der Waals surface area (Å²) >= 11 is 0. The zero-order chi connectivity index (χ0) is 15.1. The standard InChI is InChI=1S/C16H23N3O2/c1-2-3-4-5-6-7-8-9-13-18-14-12(16(20)21)10-11-17-15(14)19-13/h10-11H,2-9H2,1H3,(H,20,21)(H,17,18,19). The molecular weight excluding hydrogens is 266 g/mol. The fourth-order valence-corrected chi connectivity index (χ4v) is 2.50. The highest BCUT2D eigenvalue weighted by Crippen LogP contribution is 2.16. The number of nitrogens with zero attached hydrogens (tertiary/aromatic N) is 2. The second-order valence-electron chi connectivity index (χ2n) is 5.42. The van der Waals surface area contributed by atoms with Crippen molar-refractivity contribution < 1.29 is 9.90 Å². The van der Waals surface area contributed by atoms with E-state index in [2.05, 4.69) is 21.9 Å². The molecule has 21 heavy (non-hydrogen) atoms. The number of aryl methyl sites for hydroxylation is 1. The van der Waals surface area contributed by atoms with Crippen LogP contribution in [0.4, 0.5) is 0 Å². The number of H-pyrrole nitrogens is 1. The van der Waals surface area contributed by atoms with Gasteiger partial charge in [0.1, 0.15) is 5.82 Å².